The van der Waals surface area contributed by atoms with Crippen molar-refractivity contribution in [3.05, 3.63) is 29.6 Å². The van der Waals surface area contributed by atoms with E-state index in [1.807, 2.05) is 25.7 Å². The minimum absolute atomic E-state index is 0.179. The summed E-state index contributed by atoms with van der Waals surface area (Å²) in [6.07, 6.45) is 4.27. The Morgan fingerprint density at radius 2 is 1.93 bits per heavy atom. The van der Waals surface area contributed by atoms with E-state index in [0.717, 1.165) is 50.3 Å². The molecule has 0 aromatic carbocycles. The number of amides is 1. The van der Waals surface area contributed by atoms with Gasteiger partial charge < -0.3 is 10.0 Å². The van der Waals surface area contributed by atoms with Crippen LogP contribution in [-0.4, -0.2) is 68.8 Å². The molecule has 1 saturated heterocycles. The molecule has 1 aromatic heterocycles. The van der Waals surface area contributed by atoms with E-state index in [-0.39, 0.29) is 17.0 Å². The van der Waals surface area contributed by atoms with E-state index in [2.05, 4.69) is 16.6 Å². The first kappa shape index (κ1) is 19.6. The highest BCUT2D eigenvalue weighted by Crippen LogP contribution is 2.29. The number of rotatable bonds is 4. The summed E-state index contributed by atoms with van der Waals surface area (Å²) in [6, 6.07) is 0.309. The third-order valence-electron chi connectivity index (χ3n) is 5.58. The summed E-state index contributed by atoms with van der Waals surface area (Å²) in [5.74, 6) is -0.762. The summed E-state index contributed by atoms with van der Waals surface area (Å²) in [6.45, 7) is 13.3. The standard InChI is InChI=1S/C20H30N4O3/c1-5-8-24-16-7-6-14(13-15(16)17(21-24)18(25)26)22-9-11-23(12-10-22)19(27)20(2,3)4/h5,14H,1,6-13H2,2-4H3,(H,25,26)/t14-/m0/s1. The number of aromatic nitrogens is 2. The van der Waals surface area contributed by atoms with Gasteiger partial charge in [-0.1, -0.05) is 26.8 Å². The van der Waals surface area contributed by atoms with Crippen LogP contribution < -0.4 is 0 Å². The first-order valence-electron chi connectivity index (χ1n) is 9.68. The number of carboxylic acid groups (broad SMARTS) is 1. The molecule has 27 heavy (non-hydrogen) atoms. The van der Waals surface area contributed by atoms with E-state index in [1.54, 1.807) is 10.8 Å². The maximum atomic E-state index is 12.5. The van der Waals surface area contributed by atoms with Gasteiger partial charge in [-0.3, -0.25) is 14.4 Å². The number of allylic oxidation sites excluding steroid dienone is 1. The minimum atomic E-state index is -0.963. The summed E-state index contributed by atoms with van der Waals surface area (Å²) in [5, 5.41) is 13.8. The van der Waals surface area contributed by atoms with Gasteiger partial charge in [-0.2, -0.15) is 5.10 Å². The Labute approximate surface area is 160 Å². The molecule has 1 atom stereocenters. The summed E-state index contributed by atoms with van der Waals surface area (Å²) in [7, 11) is 0. The molecule has 148 valence electrons. The maximum Gasteiger partial charge on any atom is 0.356 e. The largest absolute Gasteiger partial charge is 0.476 e. The molecule has 1 N–H and O–H groups in total. The van der Waals surface area contributed by atoms with Crippen LogP contribution in [0.5, 0.6) is 0 Å². The third kappa shape index (κ3) is 3.93. The lowest BCUT2D eigenvalue weighted by Crippen LogP contribution is -2.55. The van der Waals surface area contributed by atoms with Gasteiger partial charge in [0.15, 0.2) is 5.69 Å². The number of carbonyl (C=O) groups excluding carboxylic acids is 1. The first-order valence-corrected chi connectivity index (χ1v) is 9.68. The molecule has 1 fully saturated rings. The van der Waals surface area contributed by atoms with Crippen LogP contribution in [0.25, 0.3) is 0 Å². The number of fused-ring (bicyclic) bond motifs is 1. The molecule has 1 amide bonds. The van der Waals surface area contributed by atoms with Crippen LogP contribution in [0, 0.1) is 5.41 Å². The highest BCUT2D eigenvalue weighted by molar-refractivity contribution is 5.87. The molecule has 3 rings (SSSR count). The number of nitrogens with zero attached hydrogens (tertiary/aromatic N) is 4. The van der Waals surface area contributed by atoms with Crippen molar-refractivity contribution in [1.29, 1.82) is 0 Å². The predicted molar refractivity (Wildman–Crippen MR) is 103 cm³/mol. The van der Waals surface area contributed by atoms with Gasteiger partial charge in [-0.15, -0.1) is 6.58 Å². The van der Waals surface area contributed by atoms with E-state index in [4.69, 9.17) is 0 Å². The lowest BCUT2D eigenvalue weighted by Gasteiger charge is -2.42. The Balaban J connectivity index is 1.69. The quantitative estimate of drug-likeness (QED) is 0.814. The highest BCUT2D eigenvalue weighted by atomic mass is 16.4. The Kier molecular flexibility index (Phi) is 5.42. The van der Waals surface area contributed by atoms with Crippen molar-refractivity contribution >= 4 is 11.9 Å². The fraction of sp³-hybridized carbons (Fsp3) is 0.650. The number of carbonyl (C=O) groups is 2. The fourth-order valence-corrected chi connectivity index (χ4v) is 4.19. The molecule has 1 aromatic rings. The second-order valence-corrected chi connectivity index (χ2v) is 8.52. The summed E-state index contributed by atoms with van der Waals surface area (Å²) in [5.41, 5.74) is 1.73. The van der Waals surface area contributed by atoms with Gasteiger partial charge >= 0.3 is 5.97 Å². The van der Waals surface area contributed by atoms with Gasteiger partial charge in [0.05, 0.1) is 6.54 Å². The fourth-order valence-electron chi connectivity index (χ4n) is 4.19. The van der Waals surface area contributed by atoms with Gasteiger partial charge in [0.1, 0.15) is 0 Å². The topological polar surface area (TPSA) is 78.7 Å². The van der Waals surface area contributed by atoms with Crippen molar-refractivity contribution < 1.29 is 14.7 Å². The molecule has 1 aliphatic carbocycles. The van der Waals surface area contributed by atoms with Crippen molar-refractivity contribution in [2.24, 2.45) is 5.41 Å². The Morgan fingerprint density at radius 1 is 1.26 bits per heavy atom. The zero-order valence-corrected chi connectivity index (χ0v) is 16.6. The second kappa shape index (κ2) is 7.46. The molecule has 0 saturated carbocycles. The third-order valence-corrected chi connectivity index (χ3v) is 5.58. The molecule has 0 unspecified atom stereocenters. The molecule has 0 spiro atoms. The van der Waals surface area contributed by atoms with Gasteiger partial charge in [-0.25, -0.2) is 4.79 Å². The van der Waals surface area contributed by atoms with Crippen molar-refractivity contribution in [1.82, 2.24) is 19.6 Å². The molecule has 0 radical (unpaired) electrons. The van der Waals surface area contributed by atoms with Gasteiger partial charge in [0.2, 0.25) is 5.91 Å². The lowest BCUT2D eigenvalue weighted by molar-refractivity contribution is -0.141. The molecule has 7 nitrogen and oxygen atoms in total. The van der Waals surface area contributed by atoms with Crippen molar-refractivity contribution in [3.8, 4) is 0 Å². The summed E-state index contributed by atoms with van der Waals surface area (Å²) >= 11 is 0. The van der Waals surface area contributed by atoms with Gasteiger partial charge in [-0.05, 0) is 19.3 Å². The minimum Gasteiger partial charge on any atom is -0.476 e. The van der Waals surface area contributed by atoms with Crippen LogP contribution in [0.3, 0.4) is 0 Å². The Morgan fingerprint density at radius 3 is 2.48 bits per heavy atom. The molecule has 2 heterocycles. The molecule has 0 bridgehead atoms. The predicted octanol–water partition coefficient (Wildman–Crippen LogP) is 1.81. The van der Waals surface area contributed by atoms with Gasteiger partial charge in [0, 0.05) is 48.9 Å². The van der Waals surface area contributed by atoms with Crippen LogP contribution >= 0.6 is 0 Å². The van der Waals surface area contributed by atoms with Crippen LogP contribution in [0.15, 0.2) is 12.7 Å². The van der Waals surface area contributed by atoms with E-state index >= 15 is 0 Å². The van der Waals surface area contributed by atoms with Crippen LogP contribution in [0.1, 0.15) is 48.9 Å². The number of carboxylic acids is 1. The van der Waals surface area contributed by atoms with E-state index in [1.165, 1.54) is 0 Å². The first-order chi connectivity index (χ1) is 12.7. The molecule has 7 heteroatoms. The maximum absolute atomic E-state index is 12.5. The SMILES string of the molecule is C=CCn1nc(C(=O)O)c2c1CC[C@H](N1CCN(C(=O)C(C)(C)C)CC1)C2. The summed E-state index contributed by atoms with van der Waals surface area (Å²) in [4.78, 5) is 28.5. The van der Waals surface area contributed by atoms with Crippen LogP contribution in [0.4, 0.5) is 0 Å². The smallest absolute Gasteiger partial charge is 0.356 e. The van der Waals surface area contributed by atoms with E-state index in [0.29, 0.717) is 19.0 Å². The Hall–Kier alpha value is -2.15. The number of piperazine rings is 1. The number of hydrogen-bond acceptors (Lipinski definition) is 4. The molecular weight excluding hydrogens is 344 g/mol. The number of hydrogen-bond donors (Lipinski definition) is 1. The molecule has 2 aliphatic rings. The normalized spacial score (nSPS) is 21.0. The Bertz CT molecular complexity index is 739. The average molecular weight is 374 g/mol. The number of aromatic carboxylic acids is 1. The zero-order chi connectivity index (χ0) is 19.8. The molecular formula is C20H30N4O3. The van der Waals surface area contributed by atoms with Crippen molar-refractivity contribution in [3.63, 3.8) is 0 Å². The zero-order valence-electron chi connectivity index (χ0n) is 16.6. The highest BCUT2D eigenvalue weighted by Gasteiger charge is 2.35. The second-order valence-electron chi connectivity index (χ2n) is 8.52. The van der Waals surface area contributed by atoms with Crippen LogP contribution in [-0.2, 0) is 24.2 Å². The average Bonchev–Trinajstić information content (AvgIpc) is 2.99. The molecule has 1 aliphatic heterocycles. The van der Waals surface area contributed by atoms with E-state index in [9.17, 15) is 14.7 Å². The van der Waals surface area contributed by atoms with Gasteiger partial charge in [0.25, 0.3) is 0 Å². The summed E-state index contributed by atoms with van der Waals surface area (Å²) < 4.78 is 1.78. The van der Waals surface area contributed by atoms with Crippen LogP contribution in [0.2, 0.25) is 0 Å². The van der Waals surface area contributed by atoms with Crippen molar-refractivity contribution in [2.45, 2.75) is 52.6 Å². The van der Waals surface area contributed by atoms with Crippen molar-refractivity contribution in [2.75, 3.05) is 26.2 Å². The monoisotopic (exact) mass is 374 g/mol. The lowest BCUT2D eigenvalue weighted by atomic mass is 9.89. The van der Waals surface area contributed by atoms with E-state index < -0.39 is 5.97 Å².